The first kappa shape index (κ1) is 13.5. The van der Waals surface area contributed by atoms with Gasteiger partial charge in [0.05, 0.1) is 36.4 Å². The summed E-state index contributed by atoms with van der Waals surface area (Å²) in [6.45, 7) is 3.39. The fourth-order valence-corrected chi connectivity index (χ4v) is 2.38. The highest BCUT2D eigenvalue weighted by Crippen LogP contribution is 2.17. The van der Waals surface area contributed by atoms with Crippen molar-refractivity contribution in [3.05, 3.63) is 11.4 Å². The minimum atomic E-state index is -3.57. The second kappa shape index (κ2) is 5.17. The highest BCUT2D eigenvalue weighted by Gasteiger charge is 2.17. The smallest absolute Gasteiger partial charge is 0.306 e. The third-order valence-electron chi connectivity index (χ3n) is 2.19. The maximum Gasteiger partial charge on any atom is 0.306 e. The summed E-state index contributed by atoms with van der Waals surface area (Å²) in [5.74, 6) is -0.875. The van der Waals surface area contributed by atoms with Crippen LogP contribution in [0.1, 0.15) is 17.8 Å². The fourth-order valence-electron chi connectivity index (χ4n) is 1.23. The van der Waals surface area contributed by atoms with E-state index in [2.05, 4.69) is 19.7 Å². The summed E-state index contributed by atoms with van der Waals surface area (Å²) in [6, 6.07) is 0. The zero-order valence-electron chi connectivity index (χ0n) is 9.90. The van der Waals surface area contributed by atoms with Crippen molar-refractivity contribution in [2.24, 2.45) is 0 Å². The third-order valence-corrected chi connectivity index (χ3v) is 3.44. The summed E-state index contributed by atoms with van der Waals surface area (Å²) in [6.07, 6.45) is -0.179. The molecule has 0 unspecified atom stereocenters. The maximum atomic E-state index is 11.7. The number of H-pyrrole nitrogens is 1. The Labute approximate surface area is 99.6 Å². The van der Waals surface area contributed by atoms with E-state index >= 15 is 0 Å². The predicted octanol–water partition coefficient (Wildman–Crippen LogP) is 0.331. The van der Waals surface area contributed by atoms with Gasteiger partial charge in [0, 0.05) is 0 Å². The normalized spacial score (nSPS) is 11.2. The predicted molar refractivity (Wildman–Crippen MR) is 62.1 cm³/mol. The number of hydrogen-bond donors (Lipinski definition) is 2. The van der Waals surface area contributed by atoms with Crippen molar-refractivity contribution >= 4 is 21.7 Å². The Morgan fingerprint density at radius 3 is 2.59 bits per heavy atom. The average Bonchev–Trinajstić information content (AvgIpc) is 2.57. The second-order valence-corrected chi connectivity index (χ2v) is 5.40. The minimum Gasteiger partial charge on any atom is -0.469 e. The van der Waals surface area contributed by atoms with Crippen LogP contribution in [0.2, 0.25) is 0 Å². The third kappa shape index (κ3) is 3.74. The topological polar surface area (TPSA) is 101 Å². The Hall–Kier alpha value is -1.57. The highest BCUT2D eigenvalue weighted by atomic mass is 32.2. The Morgan fingerprint density at radius 1 is 1.47 bits per heavy atom. The summed E-state index contributed by atoms with van der Waals surface area (Å²) < 4.78 is 30.1. The molecule has 96 valence electrons. The van der Waals surface area contributed by atoms with Crippen molar-refractivity contribution in [2.45, 2.75) is 20.3 Å². The van der Waals surface area contributed by atoms with Gasteiger partial charge in [0.1, 0.15) is 0 Å². The summed E-state index contributed by atoms with van der Waals surface area (Å²) in [7, 11) is -2.35. The number of anilines is 1. The molecular weight excluding hydrogens is 246 g/mol. The van der Waals surface area contributed by atoms with Gasteiger partial charge in [-0.3, -0.25) is 14.6 Å². The standard InChI is InChI=1S/C9H15N3O4S/c1-6-9(7(2)11-10-6)12-17(14,15)5-4-8(13)16-3/h12H,4-5H2,1-3H3,(H,10,11). The lowest BCUT2D eigenvalue weighted by Gasteiger charge is -2.07. The molecule has 0 aliphatic carbocycles. The molecule has 0 aliphatic heterocycles. The number of carbonyl (C=O) groups excluding carboxylic acids is 1. The lowest BCUT2D eigenvalue weighted by molar-refractivity contribution is -0.140. The first-order chi connectivity index (χ1) is 7.85. The molecule has 1 aromatic heterocycles. The van der Waals surface area contributed by atoms with Gasteiger partial charge in [-0.05, 0) is 13.8 Å². The molecule has 0 radical (unpaired) electrons. The van der Waals surface area contributed by atoms with Crippen molar-refractivity contribution < 1.29 is 17.9 Å². The molecule has 7 nitrogen and oxygen atoms in total. The Morgan fingerprint density at radius 2 is 2.12 bits per heavy atom. The number of aromatic nitrogens is 2. The molecule has 0 aromatic carbocycles. The second-order valence-electron chi connectivity index (χ2n) is 3.56. The van der Waals surface area contributed by atoms with Gasteiger partial charge in [-0.1, -0.05) is 0 Å². The number of aryl methyl sites for hydroxylation is 2. The number of esters is 1. The van der Waals surface area contributed by atoms with Crippen LogP contribution in [0.25, 0.3) is 0 Å². The van der Waals surface area contributed by atoms with E-state index in [0.29, 0.717) is 17.1 Å². The molecule has 1 heterocycles. The van der Waals surface area contributed by atoms with E-state index in [0.717, 1.165) is 0 Å². The molecule has 0 fully saturated rings. The van der Waals surface area contributed by atoms with Crippen LogP contribution in [0.5, 0.6) is 0 Å². The molecule has 0 spiro atoms. The number of sulfonamides is 1. The van der Waals surface area contributed by atoms with Crippen molar-refractivity contribution in [1.82, 2.24) is 10.2 Å². The van der Waals surface area contributed by atoms with Crippen LogP contribution in [-0.4, -0.2) is 37.4 Å². The van der Waals surface area contributed by atoms with Gasteiger partial charge in [-0.15, -0.1) is 0 Å². The van der Waals surface area contributed by atoms with Gasteiger partial charge >= 0.3 is 5.97 Å². The number of rotatable bonds is 5. The first-order valence-electron chi connectivity index (χ1n) is 4.94. The SMILES string of the molecule is COC(=O)CCS(=O)(=O)Nc1c(C)n[nH]c1C. The van der Waals surface area contributed by atoms with E-state index in [9.17, 15) is 13.2 Å². The van der Waals surface area contributed by atoms with Crippen LogP contribution in [0.15, 0.2) is 0 Å². The lowest BCUT2D eigenvalue weighted by Crippen LogP contribution is -2.20. The van der Waals surface area contributed by atoms with Crippen molar-refractivity contribution in [1.29, 1.82) is 0 Å². The molecule has 0 saturated carbocycles. The minimum absolute atomic E-state index is 0.179. The summed E-state index contributed by atoms with van der Waals surface area (Å²) in [5.41, 5.74) is 1.61. The largest absolute Gasteiger partial charge is 0.469 e. The molecule has 0 saturated heterocycles. The molecule has 0 amide bonds. The van der Waals surface area contributed by atoms with Gasteiger partial charge in [-0.25, -0.2) is 8.42 Å². The number of nitrogens with zero attached hydrogens (tertiary/aromatic N) is 1. The van der Waals surface area contributed by atoms with Gasteiger partial charge in [0.2, 0.25) is 10.0 Å². The monoisotopic (exact) mass is 261 g/mol. The Kier molecular flexibility index (Phi) is 4.11. The van der Waals surface area contributed by atoms with E-state index in [-0.39, 0.29) is 12.2 Å². The molecule has 2 N–H and O–H groups in total. The molecule has 0 atom stereocenters. The van der Waals surface area contributed by atoms with Gasteiger partial charge in [0.25, 0.3) is 0 Å². The number of ether oxygens (including phenoxy) is 1. The van der Waals surface area contributed by atoms with Crippen LogP contribution in [-0.2, 0) is 19.6 Å². The summed E-state index contributed by atoms with van der Waals surface area (Å²) >= 11 is 0. The molecule has 8 heteroatoms. The van der Waals surface area contributed by atoms with Crippen LogP contribution in [0.3, 0.4) is 0 Å². The zero-order valence-corrected chi connectivity index (χ0v) is 10.7. The van der Waals surface area contributed by atoms with Gasteiger partial charge in [-0.2, -0.15) is 5.10 Å². The molecule has 0 bridgehead atoms. The number of aromatic amines is 1. The van der Waals surface area contributed by atoms with E-state index in [1.54, 1.807) is 13.8 Å². The van der Waals surface area contributed by atoms with Crippen molar-refractivity contribution in [3.63, 3.8) is 0 Å². The molecule has 17 heavy (non-hydrogen) atoms. The average molecular weight is 261 g/mol. The van der Waals surface area contributed by atoms with E-state index in [1.807, 2.05) is 0 Å². The van der Waals surface area contributed by atoms with E-state index in [1.165, 1.54) is 7.11 Å². The van der Waals surface area contributed by atoms with Crippen LogP contribution < -0.4 is 4.72 Å². The van der Waals surface area contributed by atoms with Crippen molar-refractivity contribution in [2.75, 3.05) is 17.6 Å². The van der Waals surface area contributed by atoms with Gasteiger partial charge in [0.15, 0.2) is 0 Å². The van der Waals surface area contributed by atoms with Crippen LogP contribution in [0.4, 0.5) is 5.69 Å². The number of methoxy groups -OCH3 is 1. The summed E-state index contributed by atoms with van der Waals surface area (Å²) in [4.78, 5) is 10.9. The maximum absolute atomic E-state index is 11.7. The first-order valence-corrected chi connectivity index (χ1v) is 6.60. The Balaban J connectivity index is 2.71. The molecular formula is C9H15N3O4S. The quantitative estimate of drug-likeness (QED) is 0.744. The number of carbonyl (C=O) groups is 1. The van der Waals surface area contributed by atoms with Crippen LogP contribution in [0, 0.1) is 13.8 Å². The number of hydrogen-bond acceptors (Lipinski definition) is 5. The van der Waals surface area contributed by atoms with Crippen molar-refractivity contribution in [3.8, 4) is 0 Å². The zero-order chi connectivity index (χ0) is 13.1. The molecule has 1 rings (SSSR count). The van der Waals surface area contributed by atoms with Crippen LogP contribution >= 0.6 is 0 Å². The molecule has 1 aromatic rings. The van der Waals surface area contributed by atoms with Gasteiger partial charge < -0.3 is 4.74 Å². The fraction of sp³-hybridized carbons (Fsp3) is 0.556. The summed E-state index contributed by atoms with van der Waals surface area (Å²) in [5, 5.41) is 6.54. The molecule has 0 aliphatic rings. The Bertz CT molecular complexity index is 487. The van der Waals surface area contributed by atoms with E-state index < -0.39 is 16.0 Å². The number of nitrogens with one attached hydrogen (secondary N) is 2. The highest BCUT2D eigenvalue weighted by molar-refractivity contribution is 7.92. The lowest BCUT2D eigenvalue weighted by atomic mass is 10.3. The van der Waals surface area contributed by atoms with E-state index in [4.69, 9.17) is 0 Å².